The van der Waals surface area contributed by atoms with Gasteiger partial charge in [0.05, 0.1) is 39.6 Å². The monoisotopic (exact) mass is 850 g/mol. The molecule has 0 aromatic rings. The fourth-order valence-electron chi connectivity index (χ4n) is 7.63. The molecule has 0 fully saturated rings. The number of aliphatic hydroxyl groups excluding tert-OH is 1. The van der Waals surface area contributed by atoms with Crippen molar-refractivity contribution >= 4 is 5.91 Å². The molecule has 0 saturated carbocycles. The molecule has 7 heteroatoms. The second kappa shape index (κ2) is 50.4. The lowest BCUT2D eigenvalue weighted by Gasteiger charge is -2.32. The first kappa shape index (κ1) is 58.8. The number of carbonyl (C=O) groups is 1. The molecule has 0 saturated heterocycles. The van der Waals surface area contributed by atoms with E-state index in [0.29, 0.717) is 52.6 Å². The Morgan fingerprint density at radius 2 is 0.817 bits per heavy atom. The first-order valence-corrected chi connectivity index (χ1v) is 26.2. The number of ether oxygens (including phenoxy) is 4. The third-order valence-corrected chi connectivity index (χ3v) is 11.7. The highest BCUT2D eigenvalue weighted by Crippen LogP contribution is 2.21. The molecule has 0 aliphatic rings. The van der Waals surface area contributed by atoms with Crippen molar-refractivity contribution in [1.82, 2.24) is 5.32 Å². The van der Waals surface area contributed by atoms with Gasteiger partial charge in [0.15, 0.2) is 5.60 Å². The lowest BCUT2D eigenvalue weighted by atomic mass is 9.99. The quantitative estimate of drug-likeness (QED) is 0.0468. The highest BCUT2D eigenvalue weighted by molar-refractivity contribution is 5.85. The van der Waals surface area contributed by atoms with E-state index < -0.39 is 5.60 Å². The van der Waals surface area contributed by atoms with Crippen molar-refractivity contribution in [3.63, 3.8) is 0 Å². The first-order chi connectivity index (χ1) is 29.7. The highest BCUT2D eigenvalue weighted by Gasteiger charge is 2.39. The Hall–Kier alpha value is -1.25. The predicted octanol–water partition coefficient (Wildman–Crippen LogP) is 14.7. The van der Waals surface area contributed by atoms with Crippen LogP contribution in [0.25, 0.3) is 0 Å². The van der Waals surface area contributed by atoms with Crippen molar-refractivity contribution < 1.29 is 28.8 Å². The van der Waals surface area contributed by atoms with Crippen molar-refractivity contribution in [2.75, 3.05) is 59.4 Å². The molecular formula is C53H103NO6. The molecule has 1 unspecified atom stereocenters. The van der Waals surface area contributed by atoms with E-state index in [-0.39, 0.29) is 19.1 Å². The van der Waals surface area contributed by atoms with E-state index in [4.69, 9.17) is 24.1 Å². The molecule has 0 aromatic heterocycles. The lowest BCUT2D eigenvalue weighted by Crippen LogP contribution is -2.53. The Balaban J connectivity index is 4.81. The van der Waals surface area contributed by atoms with Gasteiger partial charge in [-0.2, -0.15) is 0 Å². The maximum Gasteiger partial charge on any atom is 0.254 e. The summed E-state index contributed by atoms with van der Waals surface area (Å²) in [6, 6.07) is 0. The molecule has 0 spiro atoms. The van der Waals surface area contributed by atoms with Gasteiger partial charge < -0.3 is 29.4 Å². The summed E-state index contributed by atoms with van der Waals surface area (Å²) < 4.78 is 24.2. The molecular weight excluding hydrogens is 747 g/mol. The molecule has 1 atom stereocenters. The average molecular weight is 850 g/mol. The predicted molar refractivity (Wildman–Crippen MR) is 258 cm³/mol. The van der Waals surface area contributed by atoms with Crippen LogP contribution >= 0.6 is 0 Å². The Kier molecular flexibility index (Phi) is 49.3. The number of allylic oxidation sites excluding steroid dienone is 4. The summed E-state index contributed by atoms with van der Waals surface area (Å²) in [6.45, 7) is 10.4. The maximum atomic E-state index is 14.0. The highest BCUT2D eigenvalue weighted by atomic mass is 16.6. The largest absolute Gasteiger partial charge is 0.394 e. The van der Waals surface area contributed by atoms with Gasteiger partial charge >= 0.3 is 0 Å². The normalized spacial score (nSPS) is 12.9. The third-order valence-electron chi connectivity index (χ3n) is 11.7. The zero-order chi connectivity index (χ0) is 43.6. The van der Waals surface area contributed by atoms with Gasteiger partial charge in [-0.05, 0) is 70.6 Å². The number of carbonyl (C=O) groups excluding carboxylic acids is 1. The molecule has 0 aliphatic carbocycles. The molecule has 0 aliphatic heterocycles. The number of rotatable bonds is 51. The van der Waals surface area contributed by atoms with Crippen LogP contribution in [0.4, 0.5) is 0 Å². The van der Waals surface area contributed by atoms with Crippen molar-refractivity contribution in [3.05, 3.63) is 24.3 Å². The molecule has 0 rings (SSSR count). The average Bonchev–Trinajstić information content (AvgIpc) is 3.26. The summed E-state index contributed by atoms with van der Waals surface area (Å²) in [5, 5.41) is 12.3. The smallest absolute Gasteiger partial charge is 0.254 e. The Bertz CT molecular complexity index is 897. The fourth-order valence-corrected chi connectivity index (χ4v) is 7.63. The van der Waals surface area contributed by atoms with E-state index in [1.807, 2.05) is 0 Å². The number of nitrogens with one attached hydrogen (secondary N) is 1. The molecule has 60 heavy (non-hydrogen) atoms. The second-order valence-corrected chi connectivity index (χ2v) is 17.5. The number of hydrogen-bond donors (Lipinski definition) is 2. The van der Waals surface area contributed by atoms with Gasteiger partial charge in [0.25, 0.3) is 5.91 Å². The zero-order valence-electron chi connectivity index (χ0n) is 40.4. The van der Waals surface area contributed by atoms with Gasteiger partial charge in [0, 0.05) is 26.2 Å². The number of amides is 1. The van der Waals surface area contributed by atoms with E-state index in [2.05, 4.69) is 50.4 Å². The van der Waals surface area contributed by atoms with Crippen LogP contribution in [0, 0.1) is 0 Å². The molecule has 0 bridgehead atoms. The Morgan fingerprint density at radius 1 is 0.433 bits per heavy atom. The summed E-state index contributed by atoms with van der Waals surface area (Å²) in [4.78, 5) is 14.0. The molecule has 7 nitrogen and oxygen atoms in total. The summed E-state index contributed by atoms with van der Waals surface area (Å²) in [6.07, 6.45) is 52.7. The van der Waals surface area contributed by atoms with Crippen LogP contribution in [0.2, 0.25) is 0 Å². The van der Waals surface area contributed by atoms with Crippen LogP contribution < -0.4 is 5.32 Å². The second-order valence-electron chi connectivity index (χ2n) is 17.5. The van der Waals surface area contributed by atoms with Gasteiger partial charge in [-0.25, -0.2) is 0 Å². The molecule has 356 valence electrons. The Morgan fingerprint density at radius 3 is 1.27 bits per heavy atom. The zero-order valence-corrected chi connectivity index (χ0v) is 40.4. The lowest BCUT2D eigenvalue weighted by molar-refractivity contribution is -0.161. The van der Waals surface area contributed by atoms with E-state index >= 15 is 0 Å². The van der Waals surface area contributed by atoms with Crippen molar-refractivity contribution in [2.45, 2.75) is 251 Å². The SMILES string of the molecule is CCCCCCCC/C=C\CCCCCCCCOCC(CCOCCOCCO)(OCCCCCCCC/C=C\CCCCCCCC)C(=O)NCCCCCCCC. The van der Waals surface area contributed by atoms with E-state index in [1.165, 1.54) is 180 Å². The third kappa shape index (κ3) is 42.1. The van der Waals surface area contributed by atoms with Gasteiger partial charge in [-0.15, -0.1) is 0 Å². The van der Waals surface area contributed by atoms with Gasteiger partial charge in [-0.3, -0.25) is 4.79 Å². The van der Waals surface area contributed by atoms with Crippen LogP contribution in [0.3, 0.4) is 0 Å². The van der Waals surface area contributed by atoms with E-state index in [1.54, 1.807) is 0 Å². The first-order valence-electron chi connectivity index (χ1n) is 26.2. The topological polar surface area (TPSA) is 86.2 Å². The Labute approximate surface area is 373 Å². The van der Waals surface area contributed by atoms with Crippen LogP contribution in [0.5, 0.6) is 0 Å². The van der Waals surface area contributed by atoms with Crippen molar-refractivity contribution in [1.29, 1.82) is 0 Å². The number of hydrogen-bond acceptors (Lipinski definition) is 6. The molecule has 0 aromatic carbocycles. The molecule has 1 amide bonds. The maximum absolute atomic E-state index is 14.0. The molecule has 0 radical (unpaired) electrons. The summed E-state index contributed by atoms with van der Waals surface area (Å²) in [5.41, 5.74) is -1.07. The van der Waals surface area contributed by atoms with Gasteiger partial charge in [0.2, 0.25) is 0 Å². The minimum absolute atomic E-state index is 0.000758. The summed E-state index contributed by atoms with van der Waals surface area (Å²) in [5.74, 6) is -0.0678. The van der Waals surface area contributed by atoms with E-state index in [0.717, 1.165) is 38.5 Å². The fraction of sp³-hybridized carbons (Fsp3) is 0.906. The van der Waals surface area contributed by atoms with Gasteiger partial charge in [-0.1, -0.05) is 193 Å². The van der Waals surface area contributed by atoms with Crippen LogP contribution in [-0.2, 0) is 23.7 Å². The number of unbranched alkanes of at least 4 members (excludes halogenated alkanes) is 29. The van der Waals surface area contributed by atoms with Crippen LogP contribution in [0.1, 0.15) is 245 Å². The summed E-state index contributed by atoms with van der Waals surface area (Å²) >= 11 is 0. The number of aliphatic hydroxyl groups is 1. The minimum Gasteiger partial charge on any atom is -0.394 e. The standard InChI is InChI=1S/C53H103NO6/c1-4-7-10-13-16-18-20-22-24-26-28-30-32-34-37-40-45-59-51-53(42-47-57-49-50-58-48-44-55,52(56)54-43-39-36-15-12-9-6-3)60-46-41-38-35-33-31-29-27-25-23-21-19-17-14-11-8-5-2/h22-25,55H,4-21,26-51H2,1-3H3,(H,54,56)/b24-22-,25-23-. The minimum atomic E-state index is -1.07. The van der Waals surface area contributed by atoms with E-state index in [9.17, 15) is 4.79 Å². The van der Waals surface area contributed by atoms with Crippen LogP contribution in [0.15, 0.2) is 24.3 Å². The molecule has 2 N–H and O–H groups in total. The van der Waals surface area contributed by atoms with Crippen molar-refractivity contribution in [3.8, 4) is 0 Å². The van der Waals surface area contributed by atoms with Gasteiger partial charge in [0.1, 0.15) is 0 Å². The molecule has 0 heterocycles. The van der Waals surface area contributed by atoms with Crippen molar-refractivity contribution in [2.24, 2.45) is 0 Å². The summed E-state index contributed by atoms with van der Waals surface area (Å²) in [7, 11) is 0. The van der Waals surface area contributed by atoms with Crippen LogP contribution in [-0.4, -0.2) is 76.0 Å².